The van der Waals surface area contributed by atoms with Crippen LogP contribution in [0.15, 0.2) is 48.5 Å². The first-order chi connectivity index (χ1) is 35.2. The summed E-state index contributed by atoms with van der Waals surface area (Å²) in [5.74, 6) is 4.78. The maximum absolute atomic E-state index is 2.55. The van der Waals surface area contributed by atoms with Crippen molar-refractivity contribution in [2.45, 2.75) is 303 Å². The molecular formula is C74H120. The summed E-state index contributed by atoms with van der Waals surface area (Å²) in [7, 11) is 0. The van der Waals surface area contributed by atoms with Crippen LogP contribution in [-0.4, -0.2) is 0 Å². The largest absolute Gasteiger partial charge is 0.0654 e. The van der Waals surface area contributed by atoms with E-state index in [0.29, 0.717) is 0 Å². The minimum atomic E-state index is 0.744. The second-order valence-electron chi connectivity index (χ2n) is 26.0. The van der Waals surface area contributed by atoms with Crippen molar-refractivity contribution < 1.29 is 0 Å². The molecule has 0 bridgehead atoms. The first-order valence-electron chi connectivity index (χ1n) is 31.6. The monoisotopic (exact) mass is 1010 g/mol. The van der Waals surface area contributed by atoms with Crippen LogP contribution in [0.2, 0.25) is 0 Å². The van der Waals surface area contributed by atoms with Crippen LogP contribution in [0.3, 0.4) is 0 Å². The Morgan fingerprint density at radius 2 is 0.595 bits per heavy atom. The highest BCUT2D eigenvalue weighted by Crippen LogP contribution is 2.39. The Balaban J connectivity index is 0.000000261. The van der Waals surface area contributed by atoms with E-state index >= 15 is 0 Å². The van der Waals surface area contributed by atoms with Crippen LogP contribution in [-0.2, 0) is 38.5 Å². The van der Waals surface area contributed by atoms with Crippen LogP contribution in [0.4, 0.5) is 0 Å². The standard InChI is InChI=1S/C20H30.C20H34.C18H30.C16H26/c1-15-13-20(18-11-7-4-8-12-18)16(2)14-19(15)17-9-5-3-6-10-17;1-5-7-9-11-13-19-15-18(4)20(16-17(19)3)14-12-10-8-6-2;1-13(2)7-9-17-11-16(6)18(12-15(17)5)10-8-14(3)4;1-11(2)7-15-9-14(6)16(8-12(3)4)10-13(15)5/h13-14,17-18H,3-12H2,1-2H3;15-16H,5-14H2,1-4H3;11-14H,7-10H2,1-6H3;9-12H,7-8H2,1-6H3. The third-order valence-corrected chi connectivity index (χ3v) is 17.0. The summed E-state index contributed by atoms with van der Waals surface area (Å²) in [4.78, 5) is 0. The smallest absolute Gasteiger partial charge is 0.0159 e. The number of aryl methyl sites for hydroxylation is 12. The van der Waals surface area contributed by atoms with Gasteiger partial charge in [-0.3, -0.25) is 0 Å². The molecule has 0 saturated heterocycles. The maximum atomic E-state index is 2.55. The number of hydrogen-bond donors (Lipinski definition) is 0. The van der Waals surface area contributed by atoms with Crippen LogP contribution in [0.1, 0.15) is 299 Å². The highest BCUT2D eigenvalue weighted by atomic mass is 14.3. The average Bonchev–Trinajstić information content (AvgIpc) is 3.35. The third kappa shape index (κ3) is 24.0. The Hall–Kier alpha value is -3.12. The van der Waals surface area contributed by atoms with Gasteiger partial charge >= 0.3 is 0 Å². The average molecular weight is 1010 g/mol. The van der Waals surface area contributed by atoms with E-state index in [1.807, 2.05) is 0 Å². The fraction of sp³-hybridized carbons (Fsp3) is 0.676. The highest BCUT2D eigenvalue weighted by molar-refractivity contribution is 5.42. The molecule has 0 heteroatoms. The van der Waals surface area contributed by atoms with Crippen molar-refractivity contribution in [2.75, 3.05) is 0 Å². The lowest BCUT2D eigenvalue weighted by molar-refractivity contribution is 0.437. The molecule has 0 unspecified atom stereocenters. The molecule has 0 radical (unpaired) electrons. The molecule has 2 saturated carbocycles. The summed E-state index contributed by atoms with van der Waals surface area (Å²) in [6.07, 6.45) is 35.2. The summed E-state index contributed by atoms with van der Waals surface area (Å²) in [5, 5.41) is 0. The van der Waals surface area contributed by atoms with E-state index in [2.05, 4.69) is 173 Å². The molecule has 6 rings (SSSR count). The molecule has 0 atom stereocenters. The van der Waals surface area contributed by atoms with E-state index in [0.717, 1.165) is 35.5 Å². The predicted molar refractivity (Wildman–Crippen MR) is 334 cm³/mol. The van der Waals surface area contributed by atoms with Gasteiger partial charge in [-0.1, -0.05) is 195 Å². The van der Waals surface area contributed by atoms with Crippen molar-refractivity contribution in [3.63, 3.8) is 0 Å². The Kier molecular flexibility index (Phi) is 31.1. The third-order valence-electron chi connectivity index (χ3n) is 17.0. The van der Waals surface area contributed by atoms with Gasteiger partial charge in [0.1, 0.15) is 0 Å². The van der Waals surface area contributed by atoms with Gasteiger partial charge < -0.3 is 0 Å². The molecule has 74 heavy (non-hydrogen) atoms. The van der Waals surface area contributed by atoms with Gasteiger partial charge in [-0.25, -0.2) is 0 Å². The fourth-order valence-corrected chi connectivity index (χ4v) is 12.1. The fourth-order valence-electron chi connectivity index (χ4n) is 12.1. The zero-order chi connectivity index (χ0) is 54.7. The maximum Gasteiger partial charge on any atom is -0.0159 e. The molecule has 0 nitrogen and oxygen atoms in total. The first-order valence-corrected chi connectivity index (χ1v) is 31.6. The molecule has 0 amide bonds. The summed E-state index contributed by atoms with van der Waals surface area (Å²) in [6.45, 7) is 41.3. The molecular weight excluding hydrogens is 889 g/mol. The van der Waals surface area contributed by atoms with Crippen molar-refractivity contribution in [3.05, 3.63) is 138 Å². The van der Waals surface area contributed by atoms with Crippen LogP contribution in [0, 0.1) is 79.1 Å². The van der Waals surface area contributed by atoms with E-state index in [1.165, 1.54) is 211 Å². The second-order valence-corrected chi connectivity index (χ2v) is 26.0. The molecule has 0 heterocycles. The minimum absolute atomic E-state index is 0.744. The lowest BCUT2D eigenvalue weighted by Crippen LogP contribution is -2.10. The van der Waals surface area contributed by atoms with E-state index < -0.39 is 0 Å². The number of rotatable bonds is 22. The van der Waals surface area contributed by atoms with E-state index in [-0.39, 0.29) is 0 Å². The van der Waals surface area contributed by atoms with Gasteiger partial charge in [0.15, 0.2) is 0 Å². The summed E-state index contributed by atoms with van der Waals surface area (Å²) >= 11 is 0. The van der Waals surface area contributed by atoms with E-state index in [1.54, 1.807) is 44.5 Å². The number of hydrogen-bond acceptors (Lipinski definition) is 0. The van der Waals surface area contributed by atoms with Crippen molar-refractivity contribution in [2.24, 2.45) is 23.7 Å². The number of benzene rings is 4. The molecule has 2 aliphatic rings. The molecule has 4 aromatic rings. The summed E-state index contributed by atoms with van der Waals surface area (Å²) in [5.41, 5.74) is 24.7. The normalized spacial score (nSPS) is 14.2. The molecule has 0 aliphatic heterocycles. The zero-order valence-electron chi connectivity index (χ0n) is 52.5. The SMILES string of the molecule is CCCCCCc1cc(C)c(CCCCCC)cc1C.Cc1cc(C2CCCCC2)c(C)cc1C1CCCCC1.Cc1cc(CC(C)C)c(C)cc1CC(C)C.Cc1cc(CCC(C)C)c(C)cc1CCC(C)C. The summed E-state index contributed by atoms with van der Waals surface area (Å²) < 4.78 is 0. The van der Waals surface area contributed by atoms with Gasteiger partial charge in [-0.05, 0) is 270 Å². The molecule has 416 valence electrons. The molecule has 2 aliphatic carbocycles. The zero-order valence-corrected chi connectivity index (χ0v) is 52.5. The Morgan fingerprint density at radius 1 is 0.311 bits per heavy atom. The second kappa shape index (κ2) is 35.3. The van der Waals surface area contributed by atoms with Crippen molar-refractivity contribution >= 4 is 0 Å². The Labute approximate surface area is 462 Å². The highest BCUT2D eigenvalue weighted by Gasteiger charge is 2.22. The van der Waals surface area contributed by atoms with Crippen LogP contribution in [0.25, 0.3) is 0 Å². The lowest BCUT2D eigenvalue weighted by Gasteiger charge is -2.28. The molecule has 0 spiro atoms. The molecule has 2 fully saturated rings. The van der Waals surface area contributed by atoms with Gasteiger partial charge in [-0.15, -0.1) is 0 Å². The van der Waals surface area contributed by atoms with Gasteiger partial charge in [0.2, 0.25) is 0 Å². The van der Waals surface area contributed by atoms with Gasteiger partial charge in [-0.2, -0.15) is 0 Å². The van der Waals surface area contributed by atoms with E-state index in [4.69, 9.17) is 0 Å². The number of unbranched alkanes of at least 4 members (excludes halogenated alkanes) is 6. The van der Waals surface area contributed by atoms with Crippen LogP contribution < -0.4 is 0 Å². The Bertz CT molecular complexity index is 2000. The van der Waals surface area contributed by atoms with Crippen LogP contribution in [0.5, 0.6) is 0 Å². The van der Waals surface area contributed by atoms with Crippen molar-refractivity contribution in [3.8, 4) is 0 Å². The molecule has 0 N–H and O–H groups in total. The summed E-state index contributed by atoms with van der Waals surface area (Å²) in [6, 6.07) is 19.7. The molecule has 4 aromatic carbocycles. The minimum Gasteiger partial charge on any atom is -0.0654 e. The van der Waals surface area contributed by atoms with Crippen LogP contribution >= 0.6 is 0 Å². The van der Waals surface area contributed by atoms with Gasteiger partial charge in [0, 0.05) is 0 Å². The first kappa shape index (κ1) is 65.2. The Morgan fingerprint density at radius 3 is 0.878 bits per heavy atom. The van der Waals surface area contributed by atoms with Crippen molar-refractivity contribution in [1.82, 2.24) is 0 Å². The predicted octanol–water partition coefficient (Wildman–Crippen LogP) is 23.1. The quantitative estimate of drug-likeness (QED) is 0.0688. The molecule has 0 aromatic heterocycles. The van der Waals surface area contributed by atoms with Gasteiger partial charge in [0.25, 0.3) is 0 Å². The van der Waals surface area contributed by atoms with Gasteiger partial charge in [0.05, 0.1) is 0 Å². The lowest BCUT2D eigenvalue weighted by atomic mass is 9.77. The van der Waals surface area contributed by atoms with E-state index in [9.17, 15) is 0 Å². The van der Waals surface area contributed by atoms with Crippen molar-refractivity contribution in [1.29, 1.82) is 0 Å². The topological polar surface area (TPSA) is 0 Å².